The second kappa shape index (κ2) is 5.92. The molecule has 0 amide bonds. The Balaban J connectivity index is 2.56. The molecule has 1 rings (SSSR count). The molecule has 2 unspecified atom stereocenters. The Kier molecular flexibility index (Phi) is 5.25. The van der Waals surface area contributed by atoms with E-state index < -0.39 is 0 Å². The molecule has 0 N–H and O–H groups in total. The Hall–Kier alpha value is -0.0800. The van der Waals surface area contributed by atoms with Gasteiger partial charge in [-0.1, -0.05) is 27.2 Å². The summed E-state index contributed by atoms with van der Waals surface area (Å²) in [6, 6.07) is 0. The molecular weight excluding hydrogens is 222 g/mol. The number of hydrogen-bond donors (Lipinski definition) is 0. The minimum atomic E-state index is 0.290. The van der Waals surface area contributed by atoms with Crippen molar-refractivity contribution >= 4 is 0 Å². The molecule has 2 atom stereocenters. The quantitative estimate of drug-likeness (QED) is 0.733. The minimum Gasteiger partial charge on any atom is -0.373 e. The summed E-state index contributed by atoms with van der Waals surface area (Å²) in [7, 11) is 0. The number of hydrogen-bond acceptors (Lipinski definition) is 2. The molecule has 1 aliphatic heterocycles. The molecule has 1 fully saturated rings. The molecule has 0 aromatic carbocycles. The highest BCUT2D eigenvalue weighted by Crippen LogP contribution is 2.33. The van der Waals surface area contributed by atoms with Gasteiger partial charge in [-0.15, -0.1) is 0 Å². The lowest BCUT2D eigenvalue weighted by molar-refractivity contribution is -0.0984. The van der Waals surface area contributed by atoms with Crippen LogP contribution < -0.4 is 0 Å². The first-order chi connectivity index (χ1) is 8.16. The molecule has 108 valence electrons. The van der Waals surface area contributed by atoms with Crippen LogP contribution >= 0.6 is 0 Å². The van der Waals surface area contributed by atoms with Crippen molar-refractivity contribution in [2.75, 3.05) is 13.1 Å². The lowest BCUT2D eigenvalue weighted by atomic mass is 9.80. The molecule has 0 aliphatic carbocycles. The van der Waals surface area contributed by atoms with E-state index in [9.17, 15) is 0 Å². The van der Waals surface area contributed by atoms with Crippen molar-refractivity contribution in [3.05, 3.63) is 0 Å². The van der Waals surface area contributed by atoms with Crippen molar-refractivity contribution < 1.29 is 4.74 Å². The average Bonchev–Trinajstić information content (AvgIpc) is 2.25. The van der Waals surface area contributed by atoms with Gasteiger partial charge in [0.1, 0.15) is 0 Å². The van der Waals surface area contributed by atoms with Crippen LogP contribution in [0.1, 0.15) is 67.7 Å². The predicted octanol–water partition coefficient (Wildman–Crippen LogP) is 4.09. The highest BCUT2D eigenvalue weighted by atomic mass is 16.5. The van der Waals surface area contributed by atoms with E-state index >= 15 is 0 Å². The monoisotopic (exact) mass is 255 g/mol. The fraction of sp³-hybridized carbons (Fsp3) is 1.00. The van der Waals surface area contributed by atoms with Gasteiger partial charge in [0.05, 0.1) is 12.2 Å². The SMILES string of the molecule is CCC(C)(C)CCC(C)(C)N1CC(C)OC(C)C1. The van der Waals surface area contributed by atoms with Crippen molar-refractivity contribution in [2.24, 2.45) is 5.41 Å². The zero-order chi connectivity index (χ0) is 14.0. The Morgan fingerprint density at radius 3 is 1.94 bits per heavy atom. The predicted molar refractivity (Wildman–Crippen MR) is 79.0 cm³/mol. The average molecular weight is 255 g/mol. The summed E-state index contributed by atoms with van der Waals surface area (Å²) in [4.78, 5) is 2.62. The van der Waals surface area contributed by atoms with Crippen LogP contribution in [0.5, 0.6) is 0 Å². The van der Waals surface area contributed by atoms with Crippen molar-refractivity contribution in [2.45, 2.75) is 85.5 Å². The highest BCUT2D eigenvalue weighted by Gasteiger charge is 2.34. The molecule has 1 aliphatic rings. The second-order valence-electron chi connectivity index (χ2n) is 7.49. The molecule has 0 bridgehead atoms. The Labute approximate surface area is 114 Å². The van der Waals surface area contributed by atoms with Crippen LogP contribution in [0, 0.1) is 5.41 Å². The van der Waals surface area contributed by atoms with Crippen molar-refractivity contribution in [1.29, 1.82) is 0 Å². The zero-order valence-electron chi connectivity index (χ0n) is 13.5. The van der Waals surface area contributed by atoms with E-state index in [0.717, 1.165) is 13.1 Å². The van der Waals surface area contributed by atoms with Gasteiger partial charge in [0.2, 0.25) is 0 Å². The summed E-state index contributed by atoms with van der Waals surface area (Å²) in [5.41, 5.74) is 0.763. The Morgan fingerprint density at radius 2 is 1.50 bits per heavy atom. The lowest BCUT2D eigenvalue weighted by Gasteiger charge is -2.46. The summed E-state index contributed by atoms with van der Waals surface area (Å²) in [6.07, 6.45) is 4.57. The Morgan fingerprint density at radius 1 is 1.00 bits per heavy atom. The summed E-state index contributed by atoms with van der Waals surface area (Å²) < 4.78 is 5.84. The van der Waals surface area contributed by atoms with Gasteiger partial charge in [0, 0.05) is 18.6 Å². The van der Waals surface area contributed by atoms with E-state index in [1.54, 1.807) is 0 Å². The van der Waals surface area contributed by atoms with Crippen LogP contribution in [0.25, 0.3) is 0 Å². The van der Waals surface area contributed by atoms with Crippen LogP contribution in [0.15, 0.2) is 0 Å². The van der Waals surface area contributed by atoms with Crippen molar-refractivity contribution in [3.63, 3.8) is 0 Å². The largest absolute Gasteiger partial charge is 0.373 e. The maximum absolute atomic E-state index is 5.84. The normalized spacial score (nSPS) is 27.5. The minimum absolute atomic E-state index is 0.290. The number of ether oxygens (including phenoxy) is 1. The van der Waals surface area contributed by atoms with E-state index in [2.05, 4.69) is 53.4 Å². The lowest BCUT2D eigenvalue weighted by Crippen LogP contribution is -2.54. The summed E-state index contributed by atoms with van der Waals surface area (Å²) in [5, 5.41) is 0. The van der Waals surface area contributed by atoms with E-state index in [0.29, 0.717) is 23.2 Å². The third-order valence-electron chi connectivity index (χ3n) is 4.65. The molecule has 0 radical (unpaired) electrons. The van der Waals surface area contributed by atoms with E-state index in [1.807, 2.05) is 0 Å². The molecular formula is C16H33NO. The number of morpholine rings is 1. The fourth-order valence-corrected chi connectivity index (χ4v) is 2.65. The van der Waals surface area contributed by atoms with Crippen LogP contribution in [-0.4, -0.2) is 35.7 Å². The van der Waals surface area contributed by atoms with Crippen molar-refractivity contribution in [3.8, 4) is 0 Å². The third-order valence-corrected chi connectivity index (χ3v) is 4.65. The molecule has 0 spiro atoms. The standard InChI is InChI=1S/C16H33NO/c1-8-15(4,5)9-10-16(6,7)17-11-13(2)18-14(3)12-17/h13-14H,8-12H2,1-7H3. The summed E-state index contributed by atoms with van der Waals surface area (Å²) in [6.45, 7) is 18.4. The van der Waals surface area contributed by atoms with Gasteiger partial charge in [-0.3, -0.25) is 4.90 Å². The first-order valence-electron chi connectivity index (χ1n) is 7.57. The molecule has 0 saturated carbocycles. The van der Waals surface area contributed by atoms with Crippen LogP contribution in [0.2, 0.25) is 0 Å². The Bertz CT molecular complexity index is 250. The smallest absolute Gasteiger partial charge is 0.0678 e. The van der Waals surface area contributed by atoms with Gasteiger partial charge in [-0.2, -0.15) is 0 Å². The first kappa shape index (κ1) is 16.0. The molecule has 18 heavy (non-hydrogen) atoms. The van der Waals surface area contributed by atoms with Gasteiger partial charge >= 0.3 is 0 Å². The fourth-order valence-electron chi connectivity index (χ4n) is 2.65. The van der Waals surface area contributed by atoms with E-state index in [4.69, 9.17) is 4.74 Å². The van der Waals surface area contributed by atoms with Crippen LogP contribution in [0.3, 0.4) is 0 Å². The molecule has 2 heteroatoms. The van der Waals surface area contributed by atoms with Gasteiger partial charge in [0.15, 0.2) is 0 Å². The number of rotatable bonds is 5. The molecule has 1 saturated heterocycles. The van der Waals surface area contributed by atoms with Gasteiger partial charge in [0.25, 0.3) is 0 Å². The van der Waals surface area contributed by atoms with E-state index in [1.165, 1.54) is 19.3 Å². The van der Waals surface area contributed by atoms with Crippen LogP contribution in [0.4, 0.5) is 0 Å². The number of nitrogens with zero attached hydrogens (tertiary/aromatic N) is 1. The maximum Gasteiger partial charge on any atom is 0.0678 e. The van der Waals surface area contributed by atoms with Crippen LogP contribution in [-0.2, 0) is 4.74 Å². The topological polar surface area (TPSA) is 12.5 Å². The molecule has 0 aromatic rings. The zero-order valence-corrected chi connectivity index (χ0v) is 13.5. The van der Waals surface area contributed by atoms with Crippen molar-refractivity contribution in [1.82, 2.24) is 4.90 Å². The van der Waals surface area contributed by atoms with E-state index in [-0.39, 0.29) is 0 Å². The highest BCUT2D eigenvalue weighted by molar-refractivity contribution is 4.88. The first-order valence-corrected chi connectivity index (χ1v) is 7.57. The third kappa shape index (κ3) is 4.55. The van der Waals surface area contributed by atoms with Gasteiger partial charge in [-0.25, -0.2) is 0 Å². The molecule has 2 nitrogen and oxygen atoms in total. The van der Waals surface area contributed by atoms with Gasteiger partial charge < -0.3 is 4.74 Å². The molecule has 0 aromatic heterocycles. The summed E-state index contributed by atoms with van der Waals surface area (Å²) in [5.74, 6) is 0. The maximum atomic E-state index is 5.84. The summed E-state index contributed by atoms with van der Waals surface area (Å²) >= 11 is 0. The molecule has 1 heterocycles. The van der Waals surface area contributed by atoms with Gasteiger partial charge in [-0.05, 0) is 46.0 Å². The second-order valence-corrected chi connectivity index (χ2v) is 7.49.